The fourth-order valence-electron chi connectivity index (χ4n) is 1.71. The van der Waals surface area contributed by atoms with Crippen LogP contribution >= 0.6 is 0 Å². The zero-order valence-corrected chi connectivity index (χ0v) is 17.1. The van der Waals surface area contributed by atoms with Gasteiger partial charge < -0.3 is 38.7 Å². The van der Waals surface area contributed by atoms with Crippen molar-refractivity contribution in [3.8, 4) is 0 Å². The molecule has 1 rings (SSSR count). The molecule has 1 aromatic rings. The standard InChI is InChI=1S/C10H12O2.C6H14N2O2.CH3.Y/c11-10(12)8-4-7-9-5-2-1-3-6-9;7-4-2-1-3-5(8)6(9)10;;/h1-3,5-6H,4,7-8H2,(H,11,12);5H,1-4,7-8H2,(H,9,10);1H3;/q;;-1;/p-2. The Morgan fingerprint density at radius 1 is 1.04 bits per heavy atom. The van der Waals surface area contributed by atoms with Crippen molar-refractivity contribution < 1.29 is 52.5 Å². The van der Waals surface area contributed by atoms with Crippen molar-refractivity contribution in [1.82, 2.24) is 0 Å². The molecule has 0 aliphatic heterocycles. The van der Waals surface area contributed by atoms with Crippen LogP contribution < -0.4 is 21.7 Å². The zero-order valence-electron chi connectivity index (χ0n) is 14.3. The second-order valence-corrected chi connectivity index (χ2v) is 4.92. The maximum Gasteiger partial charge on any atom is 0.0582 e. The van der Waals surface area contributed by atoms with Crippen LogP contribution in [0, 0.1) is 7.43 Å². The summed E-state index contributed by atoms with van der Waals surface area (Å²) in [7, 11) is 0. The normalized spacial score (nSPS) is 10.2. The van der Waals surface area contributed by atoms with E-state index in [1.54, 1.807) is 0 Å². The third-order valence-corrected chi connectivity index (χ3v) is 2.96. The van der Waals surface area contributed by atoms with Gasteiger partial charge >= 0.3 is 0 Å². The number of aliphatic carboxylic acids is 2. The van der Waals surface area contributed by atoms with Crippen molar-refractivity contribution in [2.24, 2.45) is 11.5 Å². The number of aryl methyl sites for hydroxylation is 1. The minimum atomic E-state index is -1.18. The summed E-state index contributed by atoms with van der Waals surface area (Å²) in [5, 5.41) is 20.1. The van der Waals surface area contributed by atoms with Gasteiger partial charge in [-0.1, -0.05) is 36.8 Å². The van der Waals surface area contributed by atoms with E-state index in [0.717, 1.165) is 19.3 Å². The van der Waals surface area contributed by atoms with Crippen LogP contribution in [-0.4, -0.2) is 24.5 Å². The summed E-state index contributed by atoms with van der Waals surface area (Å²) >= 11 is 0. The topological polar surface area (TPSA) is 132 Å². The van der Waals surface area contributed by atoms with Gasteiger partial charge in [0.05, 0.1) is 5.97 Å². The van der Waals surface area contributed by atoms with E-state index in [0.29, 0.717) is 19.4 Å². The molecule has 0 spiro atoms. The van der Waals surface area contributed by atoms with Crippen LogP contribution in [0.1, 0.15) is 37.7 Å². The third-order valence-electron chi connectivity index (χ3n) is 2.96. The van der Waals surface area contributed by atoms with Crippen molar-refractivity contribution in [2.45, 2.75) is 44.6 Å². The van der Waals surface area contributed by atoms with Gasteiger partial charge in [0.1, 0.15) is 0 Å². The molecule has 7 heteroatoms. The molecule has 135 valence electrons. The maximum absolute atomic E-state index is 10.1. The smallest absolute Gasteiger partial charge is 0.0582 e. The first-order valence-corrected chi connectivity index (χ1v) is 7.37. The van der Waals surface area contributed by atoms with Crippen molar-refractivity contribution in [1.29, 1.82) is 0 Å². The second-order valence-electron chi connectivity index (χ2n) is 4.92. The van der Waals surface area contributed by atoms with Gasteiger partial charge in [0, 0.05) is 44.7 Å². The van der Waals surface area contributed by atoms with Crippen molar-refractivity contribution in [3.05, 3.63) is 43.3 Å². The molecule has 0 aliphatic rings. The number of carbonyl (C=O) groups excluding carboxylic acids is 2. The van der Waals surface area contributed by atoms with E-state index in [1.807, 2.05) is 30.3 Å². The molecule has 0 heterocycles. The minimum absolute atomic E-state index is 0. The first-order chi connectivity index (χ1) is 10.5. The molecule has 0 saturated heterocycles. The second kappa shape index (κ2) is 18.5. The van der Waals surface area contributed by atoms with E-state index in [1.165, 1.54) is 5.56 Å². The predicted molar refractivity (Wildman–Crippen MR) is 86.7 cm³/mol. The van der Waals surface area contributed by atoms with E-state index in [4.69, 9.17) is 11.5 Å². The molecule has 1 radical (unpaired) electrons. The summed E-state index contributed by atoms with van der Waals surface area (Å²) in [6.45, 7) is 0.583. The van der Waals surface area contributed by atoms with E-state index < -0.39 is 18.0 Å². The monoisotopic (exact) mass is 412 g/mol. The van der Waals surface area contributed by atoms with Crippen LogP contribution in [0.15, 0.2) is 30.3 Å². The Bertz CT molecular complexity index is 430. The van der Waals surface area contributed by atoms with Crippen molar-refractivity contribution in [2.75, 3.05) is 6.54 Å². The molecule has 6 nitrogen and oxygen atoms in total. The number of carbonyl (C=O) groups is 2. The number of carboxylic acids is 2. The number of unbranched alkanes of at least 4 members (excludes halogenated alkanes) is 1. The molecule has 1 atom stereocenters. The SMILES string of the molecule is NCCCCC(N)C(=O)[O-].O=C([O-])CCCc1ccccc1.[CH3-].[Y]. The van der Waals surface area contributed by atoms with E-state index in [2.05, 4.69) is 0 Å². The number of benzene rings is 1. The fourth-order valence-corrected chi connectivity index (χ4v) is 1.71. The van der Waals surface area contributed by atoms with Gasteiger partial charge in [0.25, 0.3) is 0 Å². The van der Waals surface area contributed by atoms with Crippen LogP contribution in [-0.2, 0) is 48.7 Å². The molecule has 1 unspecified atom stereocenters. The molecule has 0 fully saturated rings. The van der Waals surface area contributed by atoms with Crippen LogP contribution in [0.25, 0.3) is 0 Å². The number of nitrogens with two attached hydrogens (primary N) is 2. The Morgan fingerprint density at radius 2 is 1.62 bits per heavy atom. The average molecular weight is 412 g/mol. The van der Waals surface area contributed by atoms with E-state index in [-0.39, 0.29) is 46.6 Å². The molecular weight excluding hydrogens is 385 g/mol. The first kappa shape index (κ1) is 28.0. The molecule has 0 amide bonds. The Balaban J connectivity index is -0.000000345. The molecule has 0 bridgehead atoms. The molecule has 0 saturated carbocycles. The summed E-state index contributed by atoms with van der Waals surface area (Å²) in [5.41, 5.74) is 11.5. The largest absolute Gasteiger partial charge is 0.550 e. The van der Waals surface area contributed by atoms with Gasteiger partial charge in [-0.25, -0.2) is 0 Å². The van der Waals surface area contributed by atoms with Gasteiger partial charge in [-0.2, -0.15) is 0 Å². The van der Waals surface area contributed by atoms with Gasteiger partial charge in [-0.15, -0.1) is 0 Å². The molecule has 4 N–H and O–H groups in total. The quantitative estimate of drug-likeness (QED) is 0.411. The van der Waals surface area contributed by atoms with E-state index >= 15 is 0 Å². The Morgan fingerprint density at radius 3 is 2.08 bits per heavy atom. The third kappa shape index (κ3) is 17.5. The van der Waals surface area contributed by atoms with Gasteiger partial charge in [-0.3, -0.25) is 0 Å². The predicted octanol–water partition coefficient (Wildman–Crippen LogP) is -0.600. The maximum atomic E-state index is 10.1. The molecular formula is C17H27N2O4Y-3. The summed E-state index contributed by atoms with van der Waals surface area (Å²) in [6, 6.07) is 9.02. The van der Waals surface area contributed by atoms with Gasteiger partial charge in [0.2, 0.25) is 0 Å². The van der Waals surface area contributed by atoms with Crippen LogP contribution in [0.5, 0.6) is 0 Å². The number of rotatable bonds is 9. The van der Waals surface area contributed by atoms with Crippen molar-refractivity contribution >= 4 is 11.9 Å². The van der Waals surface area contributed by atoms with Crippen LogP contribution in [0.2, 0.25) is 0 Å². The first-order valence-electron chi connectivity index (χ1n) is 7.37. The zero-order chi connectivity index (χ0) is 16.8. The summed E-state index contributed by atoms with van der Waals surface area (Å²) in [5.74, 6) is -2.15. The Kier molecular flexibility index (Phi) is 21.6. The van der Waals surface area contributed by atoms with Gasteiger partial charge in [-0.05, 0) is 44.2 Å². The molecule has 0 aromatic heterocycles. The van der Waals surface area contributed by atoms with E-state index in [9.17, 15) is 19.8 Å². The number of hydrogen-bond acceptors (Lipinski definition) is 6. The minimum Gasteiger partial charge on any atom is -0.550 e. The summed E-state index contributed by atoms with van der Waals surface area (Å²) in [4.78, 5) is 20.1. The number of hydrogen-bond donors (Lipinski definition) is 2. The molecule has 0 aliphatic carbocycles. The summed E-state index contributed by atoms with van der Waals surface area (Å²) < 4.78 is 0. The molecule has 24 heavy (non-hydrogen) atoms. The fraction of sp³-hybridized carbons (Fsp3) is 0.471. The number of carboxylic acid groups (broad SMARTS) is 2. The Labute approximate surface area is 169 Å². The molecule has 1 aromatic carbocycles. The Hall–Kier alpha value is -0.816. The summed E-state index contributed by atoms with van der Waals surface area (Å²) in [6.07, 6.45) is 3.65. The van der Waals surface area contributed by atoms with Gasteiger partial charge in [0.15, 0.2) is 0 Å². The average Bonchev–Trinajstić information content (AvgIpc) is 2.48. The van der Waals surface area contributed by atoms with Crippen LogP contribution in [0.3, 0.4) is 0 Å². The van der Waals surface area contributed by atoms with Crippen molar-refractivity contribution in [3.63, 3.8) is 0 Å². The van der Waals surface area contributed by atoms with Crippen LogP contribution in [0.4, 0.5) is 0 Å².